The van der Waals surface area contributed by atoms with E-state index in [1.807, 2.05) is 32.0 Å². The van der Waals surface area contributed by atoms with Crippen LogP contribution >= 0.6 is 0 Å². The average molecular weight is 232 g/mol. The van der Waals surface area contributed by atoms with Gasteiger partial charge < -0.3 is 4.74 Å². The van der Waals surface area contributed by atoms with Crippen LogP contribution in [0.1, 0.15) is 40.7 Å². The monoisotopic (exact) mass is 232 g/mol. The van der Waals surface area contributed by atoms with Crippen LogP contribution in [0.15, 0.2) is 18.2 Å². The minimum Gasteiger partial charge on any atom is -0.373 e. The van der Waals surface area contributed by atoms with Crippen LogP contribution in [0.2, 0.25) is 0 Å². The molecule has 0 amide bonds. The number of carbonyl (C=O) groups is 1. The maximum atomic E-state index is 12.0. The van der Waals surface area contributed by atoms with Crippen LogP contribution in [0.25, 0.3) is 0 Å². The average Bonchev–Trinajstić information content (AvgIpc) is 3.11. The fourth-order valence-corrected chi connectivity index (χ4v) is 1.94. The van der Waals surface area contributed by atoms with E-state index in [-0.39, 0.29) is 12.4 Å². The highest BCUT2D eigenvalue weighted by molar-refractivity contribution is 5.98. The Bertz CT molecular complexity index is 405. The maximum Gasteiger partial charge on any atom is 0.188 e. The van der Waals surface area contributed by atoms with Crippen LogP contribution in [0.3, 0.4) is 0 Å². The van der Waals surface area contributed by atoms with Gasteiger partial charge in [-0.3, -0.25) is 4.79 Å². The third-order valence-corrected chi connectivity index (χ3v) is 3.29. The first-order chi connectivity index (χ1) is 8.16. The van der Waals surface area contributed by atoms with Crippen LogP contribution in [0.5, 0.6) is 0 Å². The highest BCUT2D eigenvalue weighted by Gasteiger charge is 2.20. The molecule has 1 aliphatic carbocycles. The Hall–Kier alpha value is -1.15. The molecule has 0 spiro atoms. The van der Waals surface area contributed by atoms with E-state index in [1.165, 1.54) is 12.8 Å². The van der Waals surface area contributed by atoms with Gasteiger partial charge in [-0.05, 0) is 37.8 Å². The van der Waals surface area contributed by atoms with Crippen LogP contribution in [0.4, 0.5) is 0 Å². The van der Waals surface area contributed by atoms with Crippen LogP contribution in [0, 0.1) is 19.8 Å². The van der Waals surface area contributed by atoms with Crippen molar-refractivity contribution in [2.45, 2.75) is 33.1 Å². The summed E-state index contributed by atoms with van der Waals surface area (Å²) in [5, 5.41) is 0. The van der Waals surface area contributed by atoms with E-state index >= 15 is 0 Å². The molecule has 1 aliphatic rings. The van der Waals surface area contributed by atoms with Crippen molar-refractivity contribution < 1.29 is 9.53 Å². The number of benzene rings is 1. The van der Waals surface area contributed by atoms with Crippen LogP contribution < -0.4 is 0 Å². The Morgan fingerprint density at radius 1 is 1.35 bits per heavy atom. The van der Waals surface area contributed by atoms with Crippen molar-refractivity contribution in [3.05, 3.63) is 34.9 Å². The molecular weight excluding hydrogens is 212 g/mol. The Balaban J connectivity index is 1.82. The van der Waals surface area contributed by atoms with Gasteiger partial charge >= 0.3 is 0 Å². The first kappa shape index (κ1) is 12.3. The van der Waals surface area contributed by atoms with Gasteiger partial charge in [0.25, 0.3) is 0 Å². The molecule has 0 aromatic heterocycles. The third kappa shape index (κ3) is 3.67. The van der Waals surface area contributed by atoms with Crippen molar-refractivity contribution in [2.75, 3.05) is 13.2 Å². The van der Waals surface area contributed by atoms with Gasteiger partial charge in [-0.15, -0.1) is 0 Å². The molecule has 0 aliphatic heterocycles. The molecule has 2 heteroatoms. The lowest BCUT2D eigenvalue weighted by molar-refractivity contribution is 0.0748. The van der Waals surface area contributed by atoms with Crippen molar-refractivity contribution in [1.29, 1.82) is 0 Å². The number of rotatable bonds is 6. The van der Waals surface area contributed by atoms with Gasteiger partial charge in [0.15, 0.2) is 5.78 Å². The van der Waals surface area contributed by atoms with Gasteiger partial charge in [0.2, 0.25) is 0 Å². The Morgan fingerprint density at radius 2 is 2.12 bits per heavy atom. The second-order valence-electron chi connectivity index (χ2n) is 5.03. The van der Waals surface area contributed by atoms with E-state index in [1.54, 1.807) is 0 Å². The summed E-state index contributed by atoms with van der Waals surface area (Å²) in [7, 11) is 0. The minimum atomic E-state index is 0.0991. The summed E-state index contributed by atoms with van der Waals surface area (Å²) in [6, 6.07) is 5.97. The SMILES string of the molecule is Cc1ccc(C)c(C(=O)COCCC2CC2)c1. The lowest BCUT2D eigenvalue weighted by atomic mass is 10.0. The molecule has 17 heavy (non-hydrogen) atoms. The van der Waals surface area contributed by atoms with Gasteiger partial charge in [-0.1, -0.05) is 30.5 Å². The standard InChI is InChI=1S/C15H20O2/c1-11-3-4-12(2)14(9-11)15(16)10-17-8-7-13-5-6-13/h3-4,9,13H,5-8,10H2,1-2H3. The Labute approximate surface area is 103 Å². The minimum absolute atomic E-state index is 0.0991. The number of hydrogen-bond donors (Lipinski definition) is 0. The second-order valence-corrected chi connectivity index (χ2v) is 5.03. The lowest BCUT2D eigenvalue weighted by Gasteiger charge is -2.07. The molecule has 0 bridgehead atoms. The third-order valence-electron chi connectivity index (χ3n) is 3.29. The van der Waals surface area contributed by atoms with E-state index in [0.29, 0.717) is 0 Å². The van der Waals surface area contributed by atoms with Crippen molar-refractivity contribution in [2.24, 2.45) is 5.92 Å². The summed E-state index contributed by atoms with van der Waals surface area (Å²) in [4.78, 5) is 12.0. The summed E-state index contributed by atoms with van der Waals surface area (Å²) < 4.78 is 5.45. The predicted octanol–water partition coefficient (Wildman–Crippen LogP) is 3.30. The van der Waals surface area contributed by atoms with Gasteiger partial charge in [0, 0.05) is 12.2 Å². The predicted molar refractivity (Wildman–Crippen MR) is 68.4 cm³/mol. The van der Waals surface area contributed by atoms with Gasteiger partial charge in [-0.25, -0.2) is 0 Å². The van der Waals surface area contributed by atoms with Crippen molar-refractivity contribution in [3.8, 4) is 0 Å². The molecular formula is C15H20O2. The first-order valence-corrected chi connectivity index (χ1v) is 6.35. The largest absolute Gasteiger partial charge is 0.373 e. The van der Waals surface area contributed by atoms with E-state index in [2.05, 4.69) is 0 Å². The molecule has 0 radical (unpaired) electrons. The first-order valence-electron chi connectivity index (χ1n) is 6.35. The summed E-state index contributed by atoms with van der Waals surface area (Å²) in [5.41, 5.74) is 2.96. The molecule has 2 rings (SSSR count). The fraction of sp³-hybridized carbons (Fsp3) is 0.533. The number of Topliss-reactive ketones (excluding diaryl/α,β-unsaturated/α-hetero) is 1. The van der Waals surface area contributed by atoms with Gasteiger partial charge in [-0.2, -0.15) is 0 Å². The quantitative estimate of drug-likeness (QED) is 0.555. The molecule has 0 atom stereocenters. The van der Waals surface area contributed by atoms with Gasteiger partial charge in [0.05, 0.1) is 0 Å². The Kier molecular flexibility index (Phi) is 3.95. The van der Waals surface area contributed by atoms with Crippen LogP contribution in [-0.2, 0) is 4.74 Å². The van der Waals surface area contributed by atoms with Crippen molar-refractivity contribution in [1.82, 2.24) is 0 Å². The molecule has 0 unspecified atom stereocenters. The normalized spacial score (nSPS) is 14.9. The van der Waals surface area contributed by atoms with Crippen molar-refractivity contribution in [3.63, 3.8) is 0 Å². The zero-order chi connectivity index (χ0) is 12.3. The molecule has 1 saturated carbocycles. The molecule has 0 heterocycles. The number of hydrogen-bond acceptors (Lipinski definition) is 2. The van der Waals surface area contributed by atoms with E-state index in [9.17, 15) is 4.79 Å². The molecule has 1 aromatic carbocycles. The van der Waals surface area contributed by atoms with E-state index < -0.39 is 0 Å². The lowest BCUT2D eigenvalue weighted by Crippen LogP contribution is -2.11. The summed E-state index contributed by atoms with van der Waals surface area (Å²) in [6.45, 7) is 4.92. The Morgan fingerprint density at radius 3 is 2.82 bits per heavy atom. The van der Waals surface area contributed by atoms with Gasteiger partial charge in [0.1, 0.15) is 6.61 Å². The van der Waals surface area contributed by atoms with Crippen LogP contribution in [-0.4, -0.2) is 19.0 Å². The topological polar surface area (TPSA) is 26.3 Å². The zero-order valence-electron chi connectivity index (χ0n) is 10.7. The molecule has 92 valence electrons. The molecule has 1 fully saturated rings. The number of aryl methyl sites for hydroxylation is 2. The number of ketones is 1. The summed E-state index contributed by atoms with van der Waals surface area (Å²) in [5.74, 6) is 0.966. The van der Waals surface area contributed by atoms with E-state index in [0.717, 1.165) is 35.6 Å². The highest BCUT2D eigenvalue weighted by atomic mass is 16.5. The molecule has 0 N–H and O–H groups in total. The smallest absolute Gasteiger partial charge is 0.188 e. The maximum absolute atomic E-state index is 12.0. The molecule has 2 nitrogen and oxygen atoms in total. The summed E-state index contributed by atoms with van der Waals surface area (Å²) in [6.07, 6.45) is 3.79. The fourth-order valence-electron chi connectivity index (χ4n) is 1.94. The van der Waals surface area contributed by atoms with Crippen molar-refractivity contribution >= 4 is 5.78 Å². The van der Waals surface area contributed by atoms with E-state index in [4.69, 9.17) is 4.74 Å². The second kappa shape index (κ2) is 5.46. The highest BCUT2D eigenvalue weighted by Crippen LogP contribution is 2.32. The number of carbonyl (C=O) groups excluding carboxylic acids is 1. The number of ether oxygens (including phenoxy) is 1. The molecule has 1 aromatic rings. The summed E-state index contributed by atoms with van der Waals surface area (Å²) >= 11 is 0. The zero-order valence-corrected chi connectivity index (χ0v) is 10.7. The molecule has 0 saturated heterocycles.